The molecule has 0 aliphatic carbocycles. The van der Waals surface area contributed by atoms with Crippen molar-refractivity contribution in [2.75, 3.05) is 0 Å². The van der Waals surface area contributed by atoms with Crippen LogP contribution in [-0.2, 0) is 9.53 Å². The second-order valence-electron chi connectivity index (χ2n) is 4.71. The zero-order valence-electron chi connectivity index (χ0n) is 9.11. The van der Waals surface area contributed by atoms with Gasteiger partial charge in [-0.1, -0.05) is 0 Å². The molecule has 0 saturated carbocycles. The Bertz CT molecular complexity index is 244. The average Bonchev–Trinajstić information content (AvgIpc) is 2.76. The highest BCUT2D eigenvalue weighted by Gasteiger charge is 2.32. The molecule has 2 N–H and O–H groups in total. The van der Waals surface area contributed by atoms with Gasteiger partial charge in [-0.05, 0) is 39.0 Å². The quantitative estimate of drug-likeness (QED) is 0.738. The molecule has 0 aromatic heterocycles. The predicted molar refractivity (Wildman–Crippen MR) is 55.8 cm³/mol. The molecule has 2 aliphatic heterocycles. The Kier molecular flexibility index (Phi) is 3.26. The van der Waals surface area contributed by atoms with E-state index in [4.69, 9.17) is 9.84 Å². The molecular formula is C11H19NO3. The van der Waals surface area contributed by atoms with E-state index in [1.807, 2.05) is 0 Å². The molecule has 0 radical (unpaired) electrons. The maximum absolute atomic E-state index is 10.7. The highest BCUT2D eigenvalue weighted by atomic mass is 16.5. The monoisotopic (exact) mass is 213 g/mol. The fraction of sp³-hybridized carbons (Fsp3) is 0.909. The molecule has 4 unspecified atom stereocenters. The Labute approximate surface area is 90.0 Å². The van der Waals surface area contributed by atoms with E-state index in [1.54, 1.807) is 0 Å². The largest absolute Gasteiger partial charge is 0.480 e. The predicted octanol–water partition coefficient (Wildman–Crippen LogP) is 1.15. The summed E-state index contributed by atoms with van der Waals surface area (Å²) in [5, 5.41) is 12.0. The standard InChI is InChI=1S/C11H19NO3/c1-7-2-4-9(15-7)6-8-3-5-10(12-8)11(13)14/h7-10,12H,2-6H2,1H3,(H,13,14). The molecule has 2 aliphatic rings. The third kappa shape index (κ3) is 2.69. The first-order valence-electron chi connectivity index (χ1n) is 5.79. The Morgan fingerprint density at radius 1 is 1.40 bits per heavy atom. The van der Waals surface area contributed by atoms with Crippen molar-refractivity contribution in [2.45, 2.75) is 63.3 Å². The number of carboxylic acids is 1. The first-order valence-corrected chi connectivity index (χ1v) is 5.79. The van der Waals surface area contributed by atoms with Gasteiger partial charge in [-0.15, -0.1) is 0 Å². The van der Waals surface area contributed by atoms with Gasteiger partial charge >= 0.3 is 5.97 Å². The Balaban J connectivity index is 1.75. The lowest BCUT2D eigenvalue weighted by Gasteiger charge is -2.17. The van der Waals surface area contributed by atoms with Crippen LogP contribution in [0.1, 0.15) is 39.0 Å². The van der Waals surface area contributed by atoms with Gasteiger partial charge in [-0.3, -0.25) is 4.79 Å². The van der Waals surface area contributed by atoms with Crippen molar-refractivity contribution in [3.05, 3.63) is 0 Å². The fourth-order valence-corrected chi connectivity index (χ4v) is 2.58. The van der Waals surface area contributed by atoms with Gasteiger partial charge in [0, 0.05) is 6.04 Å². The second-order valence-corrected chi connectivity index (χ2v) is 4.71. The number of carbonyl (C=O) groups is 1. The van der Waals surface area contributed by atoms with Crippen LogP contribution in [0, 0.1) is 0 Å². The summed E-state index contributed by atoms with van der Waals surface area (Å²) in [6, 6.07) is -0.00442. The van der Waals surface area contributed by atoms with Crippen molar-refractivity contribution >= 4 is 5.97 Å². The van der Waals surface area contributed by atoms with Gasteiger partial charge in [-0.25, -0.2) is 0 Å². The number of rotatable bonds is 3. The molecule has 15 heavy (non-hydrogen) atoms. The summed E-state index contributed by atoms with van der Waals surface area (Å²) in [7, 11) is 0. The molecule has 0 aromatic carbocycles. The number of carboxylic acid groups (broad SMARTS) is 1. The SMILES string of the molecule is CC1CCC(CC2CCC(C(=O)O)N2)O1. The lowest BCUT2D eigenvalue weighted by Crippen LogP contribution is -2.36. The average molecular weight is 213 g/mol. The topological polar surface area (TPSA) is 58.6 Å². The zero-order valence-corrected chi connectivity index (χ0v) is 9.11. The molecule has 2 heterocycles. The summed E-state index contributed by atoms with van der Waals surface area (Å²) in [6.45, 7) is 2.10. The number of nitrogens with one attached hydrogen (secondary N) is 1. The molecule has 2 fully saturated rings. The van der Waals surface area contributed by atoms with Gasteiger partial charge in [0.2, 0.25) is 0 Å². The molecule has 2 rings (SSSR count). The van der Waals surface area contributed by atoms with E-state index in [0.29, 0.717) is 18.2 Å². The smallest absolute Gasteiger partial charge is 0.320 e. The van der Waals surface area contributed by atoms with Gasteiger partial charge < -0.3 is 15.2 Å². The molecule has 2 saturated heterocycles. The van der Waals surface area contributed by atoms with Gasteiger partial charge in [-0.2, -0.15) is 0 Å². The van der Waals surface area contributed by atoms with Crippen molar-refractivity contribution in [3.8, 4) is 0 Å². The van der Waals surface area contributed by atoms with Crippen LogP contribution in [0.25, 0.3) is 0 Å². The second kappa shape index (κ2) is 4.49. The highest BCUT2D eigenvalue weighted by Crippen LogP contribution is 2.26. The third-order valence-corrected chi connectivity index (χ3v) is 3.41. The number of hydrogen-bond donors (Lipinski definition) is 2. The van der Waals surface area contributed by atoms with Crippen LogP contribution in [0.2, 0.25) is 0 Å². The Morgan fingerprint density at radius 3 is 2.73 bits per heavy atom. The van der Waals surface area contributed by atoms with E-state index < -0.39 is 5.97 Å². The summed E-state index contributed by atoms with van der Waals surface area (Å²) < 4.78 is 5.73. The molecule has 86 valence electrons. The number of hydrogen-bond acceptors (Lipinski definition) is 3. The van der Waals surface area contributed by atoms with Crippen molar-refractivity contribution in [2.24, 2.45) is 0 Å². The van der Waals surface area contributed by atoms with E-state index in [2.05, 4.69) is 12.2 Å². The van der Waals surface area contributed by atoms with Crippen LogP contribution in [-0.4, -0.2) is 35.4 Å². The maximum atomic E-state index is 10.7. The number of aliphatic carboxylic acids is 1. The van der Waals surface area contributed by atoms with Crippen molar-refractivity contribution in [1.82, 2.24) is 5.32 Å². The van der Waals surface area contributed by atoms with Crippen LogP contribution in [0.15, 0.2) is 0 Å². The zero-order chi connectivity index (χ0) is 10.8. The fourth-order valence-electron chi connectivity index (χ4n) is 2.58. The summed E-state index contributed by atoms with van der Waals surface area (Å²) in [5.74, 6) is -0.724. The summed E-state index contributed by atoms with van der Waals surface area (Å²) >= 11 is 0. The Hall–Kier alpha value is -0.610. The van der Waals surface area contributed by atoms with E-state index in [0.717, 1.165) is 32.1 Å². The van der Waals surface area contributed by atoms with E-state index >= 15 is 0 Å². The molecular weight excluding hydrogens is 194 g/mol. The summed E-state index contributed by atoms with van der Waals surface area (Å²) in [6.07, 6.45) is 5.66. The number of ether oxygens (including phenoxy) is 1. The van der Waals surface area contributed by atoms with Gasteiger partial charge in [0.15, 0.2) is 0 Å². The summed E-state index contributed by atoms with van der Waals surface area (Å²) in [4.78, 5) is 10.7. The highest BCUT2D eigenvalue weighted by molar-refractivity contribution is 5.73. The van der Waals surface area contributed by atoms with Gasteiger partial charge in [0.05, 0.1) is 12.2 Å². The summed E-state index contributed by atoms with van der Waals surface area (Å²) in [5.41, 5.74) is 0. The minimum atomic E-state index is -0.724. The van der Waals surface area contributed by atoms with Gasteiger partial charge in [0.1, 0.15) is 6.04 Å². The van der Waals surface area contributed by atoms with Crippen LogP contribution in [0.4, 0.5) is 0 Å². The first kappa shape index (κ1) is 10.9. The van der Waals surface area contributed by atoms with Crippen molar-refractivity contribution in [3.63, 3.8) is 0 Å². The van der Waals surface area contributed by atoms with Gasteiger partial charge in [0.25, 0.3) is 0 Å². The van der Waals surface area contributed by atoms with Crippen LogP contribution >= 0.6 is 0 Å². The van der Waals surface area contributed by atoms with Crippen molar-refractivity contribution in [1.29, 1.82) is 0 Å². The molecule has 0 spiro atoms. The van der Waals surface area contributed by atoms with E-state index in [-0.39, 0.29) is 6.04 Å². The minimum Gasteiger partial charge on any atom is -0.480 e. The molecule has 0 aromatic rings. The minimum absolute atomic E-state index is 0.335. The third-order valence-electron chi connectivity index (χ3n) is 3.41. The van der Waals surface area contributed by atoms with Crippen LogP contribution in [0.5, 0.6) is 0 Å². The maximum Gasteiger partial charge on any atom is 0.320 e. The normalized spacial score (nSPS) is 40.9. The molecule has 0 amide bonds. The van der Waals surface area contributed by atoms with E-state index in [9.17, 15) is 4.79 Å². The Morgan fingerprint density at radius 2 is 2.20 bits per heavy atom. The molecule has 0 bridgehead atoms. The lowest BCUT2D eigenvalue weighted by atomic mass is 10.1. The van der Waals surface area contributed by atoms with Crippen LogP contribution in [0.3, 0.4) is 0 Å². The first-order chi connectivity index (χ1) is 7.15. The van der Waals surface area contributed by atoms with Crippen LogP contribution < -0.4 is 5.32 Å². The molecule has 4 atom stereocenters. The molecule has 4 nitrogen and oxygen atoms in total. The lowest BCUT2D eigenvalue weighted by molar-refractivity contribution is -0.139. The van der Waals surface area contributed by atoms with Crippen molar-refractivity contribution < 1.29 is 14.6 Å². The molecule has 4 heteroatoms. The van der Waals surface area contributed by atoms with E-state index in [1.165, 1.54) is 0 Å².